The molecule has 12 heteroatoms. The molecule has 0 aromatic carbocycles. The molecular weight excluding hydrogens is 525 g/mol. The van der Waals surface area contributed by atoms with Crippen LogP contribution in [0.4, 0.5) is 29.5 Å². The van der Waals surface area contributed by atoms with Crippen LogP contribution in [0.15, 0.2) is 17.7 Å². The number of halogens is 3. The third-order valence-electron chi connectivity index (χ3n) is 8.41. The molecule has 0 N–H and O–H groups in total. The van der Waals surface area contributed by atoms with Crippen LogP contribution in [-0.4, -0.2) is 97.1 Å². The van der Waals surface area contributed by atoms with Crippen molar-refractivity contribution in [3.05, 3.63) is 29.0 Å². The fourth-order valence-corrected chi connectivity index (χ4v) is 5.99. The minimum Gasteiger partial charge on any atom is -0.444 e. The quantitative estimate of drug-likeness (QED) is 0.511. The van der Waals surface area contributed by atoms with E-state index >= 15 is 0 Å². The summed E-state index contributed by atoms with van der Waals surface area (Å²) in [6, 6.07) is 3.55. The van der Waals surface area contributed by atoms with E-state index in [1.807, 2.05) is 37.5 Å². The molecule has 0 atom stereocenters. The van der Waals surface area contributed by atoms with Gasteiger partial charge in [0.15, 0.2) is 5.69 Å². The van der Waals surface area contributed by atoms with Crippen LogP contribution in [0.2, 0.25) is 0 Å². The van der Waals surface area contributed by atoms with Crippen LogP contribution in [-0.2, 0) is 15.7 Å². The van der Waals surface area contributed by atoms with E-state index in [2.05, 4.69) is 16.0 Å². The predicted octanol–water partition coefficient (Wildman–Crippen LogP) is 4.03. The van der Waals surface area contributed by atoms with Crippen molar-refractivity contribution in [3.63, 3.8) is 0 Å². The van der Waals surface area contributed by atoms with Crippen LogP contribution in [0.25, 0.3) is 0 Å². The predicted molar refractivity (Wildman–Crippen MR) is 143 cm³/mol. The summed E-state index contributed by atoms with van der Waals surface area (Å²) in [5.74, 6) is 0.241. The highest BCUT2D eigenvalue weighted by Gasteiger charge is 2.43. The summed E-state index contributed by atoms with van der Waals surface area (Å²) in [7, 11) is 0. The second-order valence-corrected chi connectivity index (χ2v) is 12.1. The lowest BCUT2D eigenvalue weighted by atomic mass is 9.85. The Balaban J connectivity index is 1.28. The molecule has 40 heavy (non-hydrogen) atoms. The first-order chi connectivity index (χ1) is 18.8. The lowest BCUT2D eigenvalue weighted by molar-refractivity contribution is -0.141. The summed E-state index contributed by atoms with van der Waals surface area (Å²) < 4.78 is 53.7. The van der Waals surface area contributed by atoms with Crippen LogP contribution < -0.4 is 9.80 Å². The van der Waals surface area contributed by atoms with Gasteiger partial charge in [-0.25, -0.2) is 9.78 Å². The van der Waals surface area contributed by atoms with Gasteiger partial charge in [0.1, 0.15) is 23.1 Å². The molecule has 1 aromatic rings. The summed E-state index contributed by atoms with van der Waals surface area (Å²) in [6.45, 7) is 12.5. The van der Waals surface area contributed by atoms with Crippen LogP contribution in [0.1, 0.15) is 51.8 Å². The third kappa shape index (κ3) is 5.59. The number of aromatic nitrogens is 1. The van der Waals surface area contributed by atoms with E-state index in [1.54, 1.807) is 17.0 Å². The van der Waals surface area contributed by atoms with Gasteiger partial charge in [-0.05, 0) is 46.1 Å². The minimum absolute atomic E-state index is 0.127. The van der Waals surface area contributed by atoms with Crippen molar-refractivity contribution in [2.24, 2.45) is 0 Å². The molecule has 1 amide bonds. The van der Waals surface area contributed by atoms with E-state index in [1.165, 1.54) is 5.57 Å². The fraction of sp³-hybridized carbons (Fsp3) is 0.679. The SMILES string of the molecule is CC1=CCOC12CCN(c1cc(N3CC(N4CCN(C(=O)OC(C)(C)C)CC4)C3)c(C#N)c(C(F)(F)F)n1)CC2. The summed E-state index contributed by atoms with van der Waals surface area (Å²) >= 11 is 0. The summed E-state index contributed by atoms with van der Waals surface area (Å²) in [5.41, 5.74) is -1.01. The number of nitriles is 1. The van der Waals surface area contributed by atoms with E-state index in [0.717, 1.165) is 0 Å². The summed E-state index contributed by atoms with van der Waals surface area (Å²) in [6.07, 6.45) is -1.67. The molecule has 4 aliphatic rings. The van der Waals surface area contributed by atoms with Gasteiger partial charge in [-0.1, -0.05) is 6.08 Å². The highest BCUT2D eigenvalue weighted by molar-refractivity contribution is 5.69. The Hall–Kier alpha value is -3.04. The largest absolute Gasteiger partial charge is 0.444 e. The number of piperidine rings is 1. The fourth-order valence-electron chi connectivity index (χ4n) is 5.99. The first-order valence-corrected chi connectivity index (χ1v) is 13.8. The molecule has 0 aliphatic carbocycles. The number of ether oxygens (including phenoxy) is 2. The van der Waals surface area contributed by atoms with Crippen molar-refractivity contribution < 1.29 is 27.4 Å². The topological polar surface area (TPSA) is 85.2 Å². The van der Waals surface area contributed by atoms with E-state index < -0.39 is 23.0 Å². The van der Waals surface area contributed by atoms with Crippen molar-refractivity contribution in [1.82, 2.24) is 14.8 Å². The molecule has 0 bridgehead atoms. The van der Waals surface area contributed by atoms with Crippen molar-refractivity contribution in [2.75, 3.05) is 68.8 Å². The average molecular weight is 563 g/mol. The summed E-state index contributed by atoms with van der Waals surface area (Å²) in [5, 5.41) is 9.76. The number of carbonyl (C=O) groups excluding carboxylic acids is 1. The molecule has 1 aromatic heterocycles. The van der Waals surface area contributed by atoms with Gasteiger partial charge in [0, 0.05) is 64.5 Å². The van der Waals surface area contributed by atoms with E-state index in [4.69, 9.17) is 9.47 Å². The van der Waals surface area contributed by atoms with E-state index in [-0.39, 0.29) is 29.2 Å². The number of anilines is 2. The molecule has 218 valence electrons. The van der Waals surface area contributed by atoms with Gasteiger partial charge in [-0.15, -0.1) is 0 Å². The highest BCUT2D eigenvalue weighted by Crippen LogP contribution is 2.41. The molecule has 5 rings (SSSR count). The molecular formula is C28H37F3N6O3. The Morgan fingerprint density at radius 3 is 2.27 bits per heavy atom. The highest BCUT2D eigenvalue weighted by atomic mass is 19.4. The van der Waals surface area contributed by atoms with Gasteiger partial charge in [0.2, 0.25) is 0 Å². The first-order valence-electron chi connectivity index (χ1n) is 13.8. The van der Waals surface area contributed by atoms with Crippen molar-refractivity contribution in [1.29, 1.82) is 5.26 Å². The number of amides is 1. The normalized spacial score (nSPS) is 22.2. The van der Waals surface area contributed by atoms with Gasteiger partial charge in [-0.3, -0.25) is 4.90 Å². The van der Waals surface area contributed by atoms with Crippen LogP contribution in [0, 0.1) is 11.3 Å². The standard InChI is InChI=1S/C28H37F3N6O3/c1-19-5-14-39-27(19)6-8-35(9-7-27)23-15-22(21(16-32)24(33-23)28(29,30)31)37-17-20(18-37)34-10-12-36(13-11-34)25(38)40-26(2,3)4/h5,15,20H,6-14,17-18H2,1-4H3. The zero-order valence-corrected chi connectivity index (χ0v) is 23.6. The monoisotopic (exact) mass is 562 g/mol. The Kier molecular flexibility index (Phi) is 7.42. The molecule has 0 saturated carbocycles. The second kappa shape index (κ2) is 10.4. The van der Waals surface area contributed by atoms with Crippen molar-refractivity contribution in [2.45, 2.75) is 64.0 Å². The minimum atomic E-state index is -4.75. The van der Waals surface area contributed by atoms with Gasteiger partial charge < -0.3 is 24.2 Å². The number of alkyl halides is 3. The van der Waals surface area contributed by atoms with Gasteiger partial charge in [0.25, 0.3) is 0 Å². The molecule has 1 spiro atoms. The van der Waals surface area contributed by atoms with E-state index in [9.17, 15) is 23.2 Å². The Morgan fingerprint density at radius 1 is 1.10 bits per heavy atom. The number of nitrogens with zero attached hydrogens (tertiary/aromatic N) is 6. The van der Waals surface area contributed by atoms with Gasteiger partial charge in [0.05, 0.1) is 17.9 Å². The number of rotatable bonds is 3. The zero-order chi connectivity index (χ0) is 28.9. The Labute approximate surface area is 233 Å². The van der Waals surface area contributed by atoms with Crippen LogP contribution in [0.3, 0.4) is 0 Å². The average Bonchev–Trinajstić information content (AvgIpc) is 3.21. The number of hydrogen-bond donors (Lipinski definition) is 0. The van der Waals surface area contributed by atoms with Crippen LogP contribution in [0.5, 0.6) is 0 Å². The van der Waals surface area contributed by atoms with Crippen molar-refractivity contribution >= 4 is 17.6 Å². The first kappa shape index (κ1) is 28.5. The lowest BCUT2D eigenvalue weighted by Gasteiger charge is -2.49. The molecule has 5 heterocycles. The maximum atomic E-state index is 14.1. The zero-order valence-electron chi connectivity index (χ0n) is 23.6. The van der Waals surface area contributed by atoms with Crippen molar-refractivity contribution in [3.8, 4) is 6.07 Å². The third-order valence-corrected chi connectivity index (χ3v) is 8.41. The Morgan fingerprint density at radius 2 is 1.75 bits per heavy atom. The number of hydrogen-bond acceptors (Lipinski definition) is 8. The smallest absolute Gasteiger partial charge is 0.434 e. The van der Waals surface area contributed by atoms with Gasteiger partial charge >= 0.3 is 12.3 Å². The lowest BCUT2D eigenvalue weighted by Crippen LogP contribution is -2.64. The molecule has 4 aliphatic heterocycles. The molecule has 9 nitrogen and oxygen atoms in total. The Bertz CT molecular complexity index is 1200. The summed E-state index contributed by atoms with van der Waals surface area (Å²) in [4.78, 5) is 24.0. The maximum Gasteiger partial charge on any atom is 0.434 e. The van der Waals surface area contributed by atoms with Crippen LogP contribution >= 0.6 is 0 Å². The molecule has 0 radical (unpaired) electrons. The van der Waals surface area contributed by atoms with E-state index in [0.29, 0.717) is 71.8 Å². The van der Waals surface area contributed by atoms with Gasteiger partial charge in [-0.2, -0.15) is 18.4 Å². The number of pyridine rings is 1. The number of piperazine rings is 1. The number of carbonyl (C=O) groups is 1. The maximum absolute atomic E-state index is 14.1. The second-order valence-electron chi connectivity index (χ2n) is 12.1. The molecule has 3 fully saturated rings. The molecule has 3 saturated heterocycles. The molecule has 0 unspecified atom stereocenters.